The summed E-state index contributed by atoms with van der Waals surface area (Å²) in [5, 5.41) is -0.130. The van der Waals surface area contributed by atoms with Gasteiger partial charge in [0.2, 0.25) is 0 Å². The third kappa shape index (κ3) is 2.49. The summed E-state index contributed by atoms with van der Waals surface area (Å²) in [6.07, 6.45) is 3.15. The van der Waals surface area contributed by atoms with Crippen molar-refractivity contribution in [1.29, 1.82) is 0 Å². The summed E-state index contributed by atoms with van der Waals surface area (Å²) in [5.74, 6) is 0.143. The van der Waals surface area contributed by atoms with Crippen LogP contribution in [0, 0.1) is 5.92 Å². The van der Waals surface area contributed by atoms with E-state index in [-0.39, 0.29) is 23.1 Å². The van der Waals surface area contributed by atoms with Crippen LogP contribution in [0.25, 0.3) is 0 Å². The molecule has 2 heterocycles. The fraction of sp³-hybridized carbons (Fsp3) is 0.500. The molecule has 0 aromatic carbocycles. The zero-order valence-corrected chi connectivity index (χ0v) is 12.3. The van der Waals surface area contributed by atoms with Crippen molar-refractivity contribution in [2.24, 2.45) is 5.92 Å². The summed E-state index contributed by atoms with van der Waals surface area (Å²) in [7, 11) is -3.78. The van der Waals surface area contributed by atoms with Gasteiger partial charge in [-0.15, -0.1) is 0 Å². The number of sulfonamides is 1. The summed E-state index contributed by atoms with van der Waals surface area (Å²) in [6, 6.07) is 3.07. The van der Waals surface area contributed by atoms with Crippen molar-refractivity contribution in [3.63, 3.8) is 0 Å². The summed E-state index contributed by atoms with van der Waals surface area (Å²) in [5.41, 5.74) is 0.164. The number of fused-ring (bicyclic) bond motifs is 1. The number of pyridine rings is 1. The fourth-order valence-corrected chi connectivity index (χ4v) is 4.03. The van der Waals surface area contributed by atoms with Crippen molar-refractivity contribution in [2.45, 2.75) is 24.8 Å². The van der Waals surface area contributed by atoms with Gasteiger partial charge < -0.3 is 0 Å². The number of carbonyl (C=O) groups is 1. The standard InChI is InChI=1S/C12H16N2O3S2/c1-2-4-9(8-18)7-14-12(15)10-5-3-6-13-11(10)19(14,16)17/h3,5-6,9,18H,2,4,7-8H2,1H3. The lowest BCUT2D eigenvalue weighted by molar-refractivity contribution is 0.0858. The molecule has 0 bridgehead atoms. The number of hydrogen-bond donors (Lipinski definition) is 1. The quantitative estimate of drug-likeness (QED) is 0.838. The molecule has 7 heteroatoms. The average molecular weight is 300 g/mol. The average Bonchev–Trinajstić information content (AvgIpc) is 2.60. The van der Waals surface area contributed by atoms with Crippen LogP contribution in [0.4, 0.5) is 0 Å². The highest BCUT2D eigenvalue weighted by Gasteiger charge is 2.42. The van der Waals surface area contributed by atoms with Gasteiger partial charge in [-0.2, -0.15) is 21.0 Å². The molecule has 0 spiro atoms. The first-order valence-electron chi connectivity index (χ1n) is 6.15. The van der Waals surface area contributed by atoms with Gasteiger partial charge in [-0.1, -0.05) is 13.3 Å². The molecule has 104 valence electrons. The third-order valence-corrected chi connectivity index (χ3v) is 5.37. The minimum atomic E-state index is -3.78. The van der Waals surface area contributed by atoms with Gasteiger partial charge in [0.1, 0.15) is 0 Å². The molecular weight excluding hydrogens is 284 g/mol. The zero-order chi connectivity index (χ0) is 14.0. The summed E-state index contributed by atoms with van der Waals surface area (Å²) in [6.45, 7) is 2.20. The third-order valence-electron chi connectivity index (χ3n) is 3.14. The summed E-state index contributed by atoms with van der Waals surface area (Å²) >= 11 is 4.22. The van der Waals surface area contributed by atoms with Gasteiger partial charge in [0.15, 0.2) is 5.03 Å². The Balaban J connectivity index is 2.32. The Hall–Kier alpha value is -1.08. The molecule has 0 saturated carbocycles. The van der Waals surface area contributed by atoms with Crippen LogP contribution < -0.4 is 0 Å². The largest absolute Gasteiger partial charge is 0.285 e. The Morgan fingerprint density at radius 2 is 2.21 bits per heavy atom. The molecule has 1 aromatic rings. The molecule has 1 amide bonds. The lowest BCUT2D eigenvalue weighted by Crippen LogP contribution is -2.35. The van der Waals surface area contributed by atoms with Gasteiger partial charge in [-0.3, -0.25) is 4.79 Å². The molecule has 0 radical (unpaired) electrons. The van der Waals surface area contributed by atoms with E-state index in [0.717, 1.165) is 17.1 Å². The highest BCUT2D eigenvalue weighted by atomic mass is 32.2. The number of aromatic nitrogens is 1. The van der Waals surface area contributed by atoms with Crippen LogP contribution in [0.3, 0.4) is 0 Å². The van der Waals surface area contributed by atoms with Gasteiger partial charge >= 0.3 is 0 Å². The fourth-order valence-electron chi connectivity index (χ4n) is 2.17. The highest BCUT2D eigenvalue weighted by molar-refractivity contribution is 7.90. The van der Waals surface area contributed by atoms with Crippen LogP contribution in [-0.4, -0.2) is 35.9 Å². The van der Waals surface area contributed by atoms with E-state index in [1.54, 1.807) is 6.07 Å². The van der Waals surface area contributed by atoms with Crippen LogP contribution in [0.2, 0.25) is 0 Å². The SMILES string of the molecule is CCCC(CS)CN1C(=O)c2cccnc2S1(=O)=O. The van der Waals surface area contributed by atoms with E-state index in [9.17, 15) is 13.2 Å². The van der Waals surface area contributed by atoms with Gasteiger partial charge in [0.05, 0.1) is 5.56 Å². The van der Waals surface area contributed by atoms with Gasteiger partial charge in [-0.05, 0) is 30.2 Å². The summed E-state index contributed by atoms with van der Waals surface area (Å²) < 4.78 is 25.5. The van der Waals surface area contributed by atoms with Crippen LogP contribution in [-0.2, 0) is 10.0 Å². The highest BCUT2D eigenvalue weighted by Crippen LogP contribution is 2.29. The smallest absolute Gasteiger partial charge is 0.268 e. The predicted octanol–water partition coefficient (Wildman–Crippen LogP) is 1.57. The maximum atomic E-state index is 12.3. The number of rotatable bonds is 5. The second-order valence-electron chi connectivity index (χ2n) is 4.53. The Morgan fingerprint density at radius 1 is 1.47 bits per heavy atom. The van der Waals surface area contributed by atoms with Crippen molar-refractivity contribution in [2.75, 3.05) is 12.3 Å². The Bertz CT molecular complexity index is 586. The second-order valence-corrected chi connectivity index (χ2v) is 6.68. The summed E-state index contributed by atoms with van der Waals surface area (Å²) in [4.78, 5) is 16.0. The zero-order valence-electron chi connectivity index (χ0n) is 10.6. The maximum Gasteiger partial charge on any atom is 0.285 e. The lowest BCUT2D eigenvalue weighted by Gasteiger charge is -2.20. The topological polar surface area (TPSA) is 67.3 Å². The maximum absolute atomic E-state index is 12.3. The van der Waals surface area contributed by atoms with E-state index in [4.69, 9.17) is 0 Å². The monoisotopic (exact) mass is 300 g/mol. The molecule has 2 rings (SSSR count). The number of carbonyl (C=O) groups excluding carboxylic acids is 1. The van der Waals surface area contributed by atoms with E-state index in [1.807, 2.05) is 6.92 Å². The van der Waals surface area contributed by atoms with Crippen LogP contribution in [0.15, 0.2) is 23.4 Å². The molecule has 1 aliphatic rings. The van der Waals surface area contributed by atoms with E-state index >= 15 is 0 Å². The molecule has 1 aromatic heterocycles. The molecule has 1 atom stereocenters. The van der Waals surface area contributed by atoms with Crippen LogP contribution in [0.5, 0.6) is 0 Å². The number of nitrogens with zero attached hydrogens (tertiary/aromatic N) is 2. The minimum absolute atomic E-state index is 0.0707. The van der Waals surface area contributed by atoms with Crippen molar-refractivity contribution in [3.05, 3.63) is 23.9 Å². The molecule has 5 nitrogen and oxygen atoms in total. The first-order valence-corrected chi connectivity index (χ1v) is 8.22. The van der Waals surface area contributed by atoms with E-state index in [2.05, 4.69) is 17.6 Å². The minimum Gasteiger partial charge on any atom is -0.268 e. The molecule has 1 unspecified atom stereocenters. The number of amides is 1. The first-order chi connectivity index (χ1) is 9.02. The van der Waals surface area contributed by atoms with Crippen molar-refractivity contribution < 1.29 is 13.2 Å². The van der Waals surface area contributed by atoms with E-state index < -0.39 is 15.9 Å². The molecular formula is C12H16N2O3S2. The molecule has 19 heavy (non-hydrogen) atoms. The second kappa shape index (κ2) is 5.50. The van der Waals surface area contributed by atoms with E-state index in [0.29, 0.717) is 5.75 Å². The van der Waals surface area contributed by atoms with Crippen LogP contribution >= 0.6 is 12.6 Å². The Labute approximate surface area is 118 Å². The lowest BCUT2D eigenvalue weighted by atomic mass is 10.1. The Morgan fingerprint density at radius 3 is 2.79 bits per heavy atom. The first kappa shape index (κ1) is 14.3. The van der Waals surface area contributed by atoms with Crippen molar-refractivity contribution in [1.82, 2.24) is 9.29 Å². The molecule has 1 aliphatic heterocycles. The molecule has 0 aliphatic carbocycles. The molecule has 0 saturated heterocycles. The van der Waals surface area contributed by atoms with Crippen molar-refractivity contribution in [3.8, 4) is 0 Å². The Kier molecular flexibility index (Phi) is 4.15. The number of thiol groups is 1. The predicted molar refractivity (Wildman–Crippen MR) is 74.7 cm³/mol. The van der Waals surface area contributed by atoms with Gasteiger partial charge in [0, 0.05) is 12.7 Å². The van der Waals surface area contributed by atoms with Crippen molar-refractivity contribution >= 4 is 28.6 Å². The molecule has 0 fully saturated rings. The van der Waals surface area contributed by atoms with E-state index in [1.165, 1.54) is 12.3 Å². The normalized spacial score (nSPS) is 18.4. The van der Waals surface area contributed by atoms with Gasteiger partial charge in [0.25, 0.3) is 15.9 Å². The van der Waals surface area contributed by atoms with Gasteiger partial charge in [-0.25, -0.2) is 9.29 Å². The molecule has 0 N–H and O–H groups in total. The number of hydrogen-bond acceptors (Lipinski definition) is 5. The van der Waals surface area contributed by atoms with Crippen LogP contribution in [0.1, 0.15) is 30.1 Å².